The molecule has 96 valence electrons. The molecule has 0 radical (unpaired) electrons. The van der Waals surface area contributed by atoms with Gasteiger partial charge in [0.1, 0.15) is 0 Å². The van der Waals surface area contributed by atoms with E-state index in [2.05, 4.69) is 43.2 Å². The summed E-state index contributed by atoms with van der Waals surface area (Å²) in [6.07, 6.45) is 2.28. The van der Waals surface area contributed by atoms with Gasteiger partial charge in [-0.15, -0.1) is 0 Å². The van der Waals surface area contributed by atoms with Crippen LogP contribution in [0, 0.1) is 0 Å². The van der Waals surface area contributed by atoms with Crippen molar-refractivity contribution in [2.45, 2.75) is 39.3 Å². The highest BCUT2D eigenvalue weighted by Gasteiger charge is 2.13. The molecule has 0 aromatic heterocycles. The third kappa shape index (κ3) is 3.62. The van der Waals surface area contributed by atoms with Gasteiger partial charge in [-0.2, -0.15) is 0 Å². The number of rotatable bonds is 6. The molecule has 0 fully saturated rings. The van der Waals surface area contributed by atoms with Gasteiger partial charge in [-0.25, -0.2) is 0 Å². The summed E-state index contributed by atoms with van der Waals surface area (Å²) in [5, 5.41) is 3.97. The fraction of sp³-hybridized carbons (Fsp3) is 0.571. The van der Waals surface area contributed by atoms with Crippen molar-refractivity contribution in [3.05, 3.63) is 28.8 Å². The van der Waals surface area contributed by atoms with Crippen LogP contribution in [0.2, 0.25) is 5.02 Å². The van der Waals surface area contributed by atoms with Gasteiger partial charge in [0.15, 0.2) is 0 Å². The van der Waals surface area contributed by atoms with Crippen molar-refractivity contribution >= 4 is 17.3 Å². The fourth-order valence-electron chi connectivity index (χ4n) is 2.18. The highest BCUT2D eigenvalue weighted by atomic mass is 35.5. The highest BCUT2D eigenvalue weighted by Crippen LogP contribution is 2.28. The number of benzene rings is 1. The van der Waals surface area contributed by atoms with E-state index in [1.54, 1.807) is 0 Å². The average Bonchev–Trinajstić information content (AvgIpc) is 2.31. The molecule has 1 aromatic carbocycles. The van der Waals surface area contributed by atoms with Gasteiger partial charge in [0.2, 0.25) is 0 Å². The van der Waals surface area contributed by atoms with E-state index in [-0.39, 0.29) is 0 Å². The van der Waals surface area contributed by atoms with Crippen LogP contribution in [0.4, 0.5) is 5.69 Å². The summed E-state index contributed by atoms with van der Waals surface area (Å²) in [6, 6.07) is 6.86. The van der Waals surface area contributed by atoms with Crippen molar-refractivity contribution in [2.75, 3.05) is 19.0 Å². The molecule has 2 nitrogen and oxygen atoms in total. The zero-order valence-corrected chi connectivity index (χ0v) is 12.0. The van der Waals surface area contributed by atoms with E-state index < -0.39 is 0 Å². The number of hydrogen-bond donors (Lipinski definition) is 1. The van der Waals surface area contributed by atoms with Crippen LogP contribution in [-0.2, 0) is 6.54 Å². The molecule has 0 saturated heterocycles. The minimum atomic E-state index is 0.558. The fourth-order valence-corrected chi connectivity index (χ4v) is 2.52. The average molecular weight is 255 g/mol. The van der Waals surface area contributed by atoms with E-state index in [0.717, 1.165) is 30.1 Å². The monoisotopic (exact) mass is 254 g/mol. The number of halogens is 1. The Balaban J connectivity index is 2.90. The maximum atomic E-state index is 6.35. The minimum Gasteiger partial charge on any atom is -0.370 e. The molecule has 1 aromatic rings. The molecule has 0 saturated carbocycles. The molecule has 1 rings (SSSR count). The largest absolute Gasteiger partial charge is 0.370 e. The van der Waals surface area contributed by atoms with E-state index in [9.17, 15) is 0 Å². The summed E-state index contributed by atoms with van der Waals surface area (Å²) >= 11 is 6.35. The van der Waals surface area contributed by atoms with Crippen LogP contribution in [0.1, 0.15) is 32.3 Å². The maximum absolute atomic E-state index is 6.35. The number of hydrogen-bond acceptors (Lipinski definition) is 2. The summed E-state index contributed by atoms with van der Waals surface area (Å²) in [5.41, 5.74) is 2.35. The van der Waals surface area contributed by atoms with Crippen molar-refractivity contribution in [2.24, 2.45) is 0 Å². The molecular formula is C14H23ClN2. The second-order valence-corrected chi connectivity index (χ2v) is 4.80. The van der Waals surface area contributed by atoms with Crippen LogP contribution in [0.25, 0.3) is 0 Å². The molecule has 0 unspecified atom stereocenters. The van der Waals surface area contributed by atoms with Gasteiger partial charge in [0, 0.05) is 19.6 Å². The van der Waals surface area contributed by atoms with Crippen LogP contribution >= 0.6 is 11.6 Å². The Kier molecular flexibility index (Phi) is 5.79. The number of anilines is 1. The first kappa shape index (κ1) is 14.3. The molecule has 0 aliphatic rings. The topological polar surface area (TPSA) is 15.3 Å². The van der Waals surface area contributed by atoms with E-state index in [0.29, 0.717) is 6.04 Å². The zero-order chi connectivity index (χ0) is 12.8. The maximum Gasteiger partial charge on any atom is 0.0642 e. The molecule has 0 aliphatic carbocycles. The third-order valence-electron chi connectivity index (χ3n) is 3.26. The lowest BCUT2D eigenvalue weighted by atomic mass is 10.1. The summed E-state index contributed by atoms with van der Waals surface area (Å²) in [7, 11) is 4.06. The summed E-state index contributed by atoms with van der Waals surface area (Å²) < 4.78 is 0. The second-order valence-electron chi connectivity index (χ2n) is 4.40. The Labute approximate surface area is 110 Å². The summed E-state index contributed by atoms with van der Waals surface area (Å²) in [4.78, 5) is 2.28. The van der Waals surface area contributed by atoms with Crippen molar-refractivity contribution in [1.82, 2.24) is 5.32 Å². The molecule has 17 heavy (non-hydrogen) atoms. The van der Waals surface area contributed by atoms with Crippen molar-refractivity contribution < 1.29 is 0 Å². The first-order valence-corrected chi connectivity index (χ1v) is 6.67. The van der Waals surface area contributed by atoms with Gasteiger partial charge in [0.05, 0.1) is 10.7 Å². The van der Waals surface area contributed by atoms with Crippen molar-refractivity contribution in [3.63, 3.8) is 0 Å². The lowest BCUT2D eigenvalue weighted by molar-refractivity contribution is 0.591. The molecule has 0 atom stereocenters. The van der Waals surface area contributed by atoms with Gasteiger partial charge >= 0.3 is 0 Å². The Hall–Kier alpha value is -0.730. The Bertz CT molecular complexity index is 348. The molecule has 0 heterocycles. The van der Waals surface area contributed by atoms with Gasteiger partial charge in [-0.3, -0.25) is 0 Å². The first-order chi connectivity index (χ1) is 8.13. The van der Waals surface area contributed by atoms with Crippen LogP contribution in [0.15, 0.2) is 18.2 Å². The first-order valence-electron chi connectivity index (χ1n) is 6.29. The third-order valence-corrected chi connectivity index (χ3v) is 3.57. The lowest BCUT2D eigenvalue weighted by Gasteiger charge is -2.29. The van der Waals surface area contributed by atoms with Gasteiger partial charge in [-0.05, 0) is 37.6 Å². The number of nitrogens with one attached hydrogen (secondary N) is 1. The zero-order valence-electron chi connectivity index (χ0n) is 11.3. The van der Waals surface area contributed by atoms with E-state index in [1.807, 2.05) is 13.1 Å². The molecule has 0 spiro atoms. The van der Waals surface area contributed by atoms with E-state index in [1.165, 1.54) is 5.56 Å². The van der Waals surface area contributed by atoms with E-state index in [4.69, 9.17) is 11.6 Å². The van der Waals surface area contributed by atoms with Crippen LogP contribution in [0.5, 0.6) is 0 Å². The predicted octanol–water partition coefficient (Wildman–Crippen LogP) is 3.68. The smallest absolute Gasteiger partial charge is 0.0642 e. The molecule has 0 aliphatic heterocycles. The van der Waals surface area contributed by atoms with E-state index >= 15 is 0 Å². The molecule has 0 bridgehead atoms. The van der Waals surface area contributed by atoms with Crippen molar-refractivity contribution in [3.8, 4) is 0 Å². The van der Waals surface area contributed by atoms with Gasteiger partial charge in [0.25, 0.3) is 0 Å². The number of nitrogens with zero attached hydrogens (tertiary/aromatic N) is 1. The minimum absolute atomic E-state index is 0.558. The standard InChI is InChI=1S/C14H23ClN2/c1-5-12(6-2)17(4)14-8-7-11(10-16-3)9-13(14)15/h7-9,12,16H,5-6,10H2,1-4H3. The normalized spacial score (nSPS) is 10.9. The van der Waals surface area contributed by atoms with Gasteiger partial charge in [-0.1, -0.05) is 31.5 Å². The molecule has 1 N–H and O–H groups in total. The Morgan fingerprint density at radius 1 is 1.29 bits per heavy atom. The van der Waals surface area contributed by atoms with Crippen LogP contribution in [0.3, 0.4) is 0 Å². The molecule has 0 amide bonds. The summed E-state index contributed by atoms with van der Waals surface area (Å²) in [5.74, 6) is 0. The SMILES string of the molecule is CCC(CC)N(C)c1ccc(CNC)cc1Cl. The Morgan fingerprint density at radius 2 is 1.94 bits per heavy atom. The van der Waals surface area contributed by atoms with Crippen LogP contribution in [-0.4, -0.2) is 20.1 Å². The van der Waals surface area contributed by atoms with Crippen molar-refractivity contribution in [1.29, 1.82) is 0 Å². The lowest BCUT2D eigenvalue weighted by Crippen LogP contribution is -2.30. The predicted molar refractivity (Wildman–Crippen MR) is 77.0 cm³/mol. The second kappa shape index (κ2) is 6.87. The van der Waals surface area contributed by atoms with Crippen LogP contribution < -0.4 is 10.2 Å². The summed E-state index contributed by atoms with van der Waals surface area (Å²) in [6.45, 7) is 5.29. The highest BCUT2D eigenvalue weighted by molar-refractivity contribution is 6.33. The quantitative estimate of drug-likeness (QED) is 0.833. The molecule has 3 heteroatoms. The Morgan fingerprint density at radius 3 is 2.41 bits per heavy atom. The molecular weight excluding hydrogens is 232 g/mol. The van der Waals surface area contributed by atoms with Gasteiger partial charge < -0.3 is 10.2 Å².